The Morgan fingerprint density at radius 3 is 2.32 bits per heavy atom. The van der Waals surface area contributed by atoms with E-state index in [4.69, 9.17) is 23.2 Å². The van der Waals surface area contributed by atoms with Gasteiger partial charge >= 0.3 is 0 Å². The third-order valence-corrected chi connectivity index (χ3v) is 4.55. The topological polar surface area (TPSA) is 58.8 Å². The Balaban J connectivity index is 1.81. The van der Waals surface area contributed by atoms with Gasteiger partial charge < -0.3 is 5.32 Å². The first-order valence-corrected chi connectivity index (χ1v) is 9.19. The first-order valence-electron chi connectivity index (χ1n) is 8.44. The van der Waals surface area contributed by atoms with Crippen LogP contribution in [0.15, 0.2) is 82.7 Å². The van der Waals surface area contributed by atoms with Gasteiger partial charge in [0.25, 0.3) is 5.56 Å². The molecule has 4 rings (SSSR count). The van der Waals surface area contributed by atoms with E-state index in [0.717, 1.165) is 5.69 Å². The van der Waals surface area contributed by atoms with E-state index >= 15 is 0 Å². The normalized spacial score (nSPS) is 11.2. The van der Waals surface area contributed by atoms with E-state index in [1.807, 2.05) is 18.2 Å². The summed E-state index contributed by atoms with van der Waals surface area (Å²) in [5.74, 6) is 0.413. The number of benzene rings is 2. The molecule has 2 aromatic carbocycles. The molecule has 5 nitrogen and oxygen atoms in total. The second-order valence-corrected chi connectivity index (χ2v) is 6.85. The molecule has 0 fully saturated rings. The number of hydrogen-bond donors (Lipinski definition) is 1. The summed E-state index contributed by atoms with van der Waals surface area (Å²) in [5.41, 5.74) is 2.10. The first kappa shape index (κ1) is 18.2. The number of aromatic nitrogens is 2. The molecule has 0 unspecified atom stereocenters. The Bertz CT molecular complexity index is 1220. The van der Waals surface area contributed by atoms with Gasteiger partial charge in [0.2, 0.25) is 0 Å². The van der Waals surface area contributed by atoms with E-state index in [0.29, 0.717) is 32.8 Å². The van der Waals surface area contributed by atoms with E-state index < -0.39 is 0 Å². The quantitative estimate of drug-likeness (QED) is 0.453. The molecule has 2 aromatic heterocycles. The Hall–Kier alpha value is -3.15. The molecule has 0 aliphatic carbocycles. The van der Waals surface area contributed by atoms with Crippen molar-refractivity contribution in [2.75, 3.05) is 5.32 Å². The van der Waals surface area contributed by atoms with Gasteiger partial charge in [-0.05, 0) is 60.7 Å². The van der Waals surface area contributed by atoms with Crippen LogP contribution < -0.4 is 10.9 Å². The van der Waals surface area contributed by atoms with Crippen LogP contribution in [0.4, 0.5) is 17.2 Å². The molecule has 28 heavy (non-hydrogen) atoms. The molecule has 1 N–H and O–H groups in total. The highest BCUT2D eigenvalue weighted by Gasteiger charge is 2.11. The number of pyridine rings is 1. The molecule has 0 aliphatic rings. The Kier molecular flexibility index (Phi) is 5.10. The lowest BCUT2D eigenvalue weighted by molar-refractivity contribution is 1.04. The number of rotatable bonds is 4. The van der Waals surface area contributed by atoms with Crippen LogP contribution in [0.5, 0.6) is 0 Å². The van der Waals surface area contributed by atoms with Gasteiger partial charge in [0.05, 0.1) is 5.69 Å². The van der Waals surface area contributed by atoms with E-state index in [1.54, 1.807) is 54.7 Å². The van der Waals surface area contributed by atoms with Crippen molar-refractivity contribution in [1.29, 1.82) is 0 Å². The Morgan fingerprint density at radius 2 is 1.61 bits per heavy atom. The number of aliphatic imine (C=N–C) groups is 1. The van der Waals surface area contributed by atoms with E-state index in [2.05, 4.69) is 15.3 Å². The van der Waals surface area contributed by atoms with Crippen molar-refractivity contribution >= 4 is 52.3 Å². The predicted octanol–water partition coefficient (Wildman–Crippen LogP) is 5.50. The van der Waals surface area contributed by atoms with Crippen LogP contribution in [0.3, 0.4) is 0 Å². The minimum Gasteiger partial charge on any atom is -0.339 e. The highest BCUT2D eigenvalue weighted by molar-refractivity contribution is 6.30. The van der Waals surface area contributed by atoms with Crippen LogP contribution >= 0.6 is 23.2 Å². The molecule has 0 spiro atoms. The average molecular weight is 409 g/mol. The molecule has 0 aliphatic heterocycles. The summed E-state index contributed by atoms with van der Waals surface area (Å²) >= 11 is 11.9. The van der Waals surface area contributed by atoms with E-state index in [9.17, 15) is 4.79 Å². The smallest absolute Gasteiger partial charge is 0.268 e. The van der Waals surface area contributed by atoms with Gasteiger partial charge in [-0.1, -0.05) is 29.3 Å². The van der Waals surface area contributed by atoms with Crippen molar-refractivity contribution < 1.29 is 0 Å². The molecule has 2 heterocycles. The zero-order valence-electron chi connectivity index (χ0n) is 14.5. The number of fused-ring (bicyclic) bond motifs is 1. The molecule has 0 amide bonds. The lowest BCUT2D eigenvalue weighted by atomic mass is 10.2. The maximum Gasteiger partial charge on any atom is 0.268 e. The average Bonchev–Trinajstić information content (AvgIpc) is 2.71. The fourth-order valence-electron chi connectivity index (χ4n) is 2.65. The fourth-order valence-corrected chi connectivity index (χ4v) is 2.90. The number of anilines is 2. The van der Waals surface area contributed by atoms with Crippen LogP contribution in [0.25, 0.3) is 5.65 Å². The van der Waals surface area contributed by atoms with Crippen molar-refractivity contribution in [3.8, 4) is 0 Å². The molecule has 0 saturated heterocycles. The second-order valence-electron chi connectivity index (χ2n) is 5.97. The van der Waals surface area contributed by atoms with Gasteiger partial charge in [0, 0.05) is 28.1 Å². The Labute approximate surface area is 170 Å². The van der Waals surface area contributed by atoms with Gasteiger partial charge in [0.1, 0.15) is 17.0 Å². The number of nitrogens with zero attached hydrogens (tertiary/aromatic N) is 3. The summed E-state index contributed by atoms with van der Waals surface area (Å²) in [6, 6.07) is 19.6. The van der Waals surface area contributed by atoms with Crippen molar-refractivity contribution in [2.45, 2.75) is 0 Å². The minimum atomic E-state index is -0.222. The number of nitrogens with one attached hydrogen (secondary N) is 1. The monoisotopic (exact) mass is 408 g/mol. The van der Waals surface area contributed by atoms with Crippen LogP contribution in [-0.2, 0) is 0 Å². The molecule has 138 valence electrons. The fraction of sp³-hybridized carbons (Fsp3) is 0. The third kappa shape index (κ3) is 3.91. The number of halogens is 2. The summed E-state index contributed by atoms with van der Waals surface area (Å²) in [5, 5.41) is 4.43. The SMILES string of the molecule is O=c1c(C=Nc2ccc(Cl)cc2)c(Nc2ccc(Cl)cc2)nc2ccccn12. The second kappa shape index (κ2) is 7.84. The largest absolute Gasteiger partial charge is 0.339 e. The zero-order valence-corrected chi connectivity index (χ0v) is 16.0. The van der Waals surface area contributed by atoms with E-state index in [1.165, 1.54) is 10.6 Å². The highest BCUT2D eigenvalue weighted by Crippen LogP contribution is 2.20. The van der Waals surface area contributed by atoms with Crippen LogP contribution in [0, 0.1) is 0 Å². The highest BCUT2D eigenvalue weighted by atomic mass is 35.5. The predicted molar refractivity (Wildman–Crippen MR) is 115 cm³/mol. The summed E-state index contributed by atoms with van der Waals surface area (Å²) in [4.78, 5) is 22.0. The molecule has 7 heteroatoms. The van der Waals surface area contributed by atoms with Gasteiger partial charge in [-0.3, -0.25) is 14.2 Å². The molecule has 0 saturated carbocycles. The number of hydrogen-bond acceptors (Lipinski definition) is 4. The van der Waals surface area contributed by atoms with Gasteiger partial charge in [-0.15, -0.1) is 0 Å². The lowest BCUT2D eigenvalue weighted by Gasteiger charge is -2.10. The summed E-state index contributed by atoms with van der Waals surface area (Å²) in [6.07, 6.45) is 3.19. The molecule has 0 bridgehead atoms. The minimum absolute atomic E-state index is 0.222. The van der Waals surface area contributed by atoms with Gasteiger partial charge in [-0.25, -0.2) is 4.98 Å². The molecule has 0 radical (unpaired) electrons. The maximum absolute atomic E-state index is 13.0. The molecular formula is C21H14Cl2N4O. The Morgan fingerprint density at radius 1 is 0.929 bits per heavy atom. The van der Waals surface area contributed by atoms with Gasteiger partial charge in [0.15, 0.2) is 0 Å². The lowest BCUT2D eigenvalue weighted by Crippen LogP contribution is -2.21. The van der Waals surface area contributed by atoms with Crippen molar-refractivity contribution in [3.05, 3.63) is 98.9 Å². The molecular weight excluding hydrogens is 395 g/mol. The maximum atomic E-state index is 13.0. The summed E-state index contributed by atoms with van der Waals surface area (Å²) in [7, 11) is 0. The van der Waals surface area contributed by atoms with Gasteiger partial charge in [-0.2, -0.15) is 0 Å². The molecule has 0 atom stereocenters. The van der Waals surface area contributed by atoms with Crippen molar-refractivity contribution in [1.82, 2.24) is 9.38 Å². The van der Waals surface area contributed by atoms with Crippen LogP contribution in [0.2, 0.25) is 10.0 Å². The van der Waals surface area contributed by atoms with Crippen molar-refractivity contribution in [2.24, 2.45) is 4.99 Å². The summed E-state index contributed by atoms with van der Waals surface area (Å²) < 4.78 is 1.48. The first-order chi connectivity index (χ1) is 13.6. The van der Waals surface area contributed by atoms with Crippen molar-refractivity contribution in [3.63, 3.8) is 0 Å². The van der Waals surface area contributed by atoms with Crippen LogP contribution in [0.1, 0.15) is 5.56 Å². The van der Waals surface area contributed by atoms with E-state index in [-0.39, 0.29) is 5.56 Å². The molecule has 4 aromatic rings. The standard InChI is InChI=1S/C21H14Cl2N4O/c22-14-4-8-16(9-5-14)24-13-18-20(25-17-10-6-15(23)7-11-17)26-19-3-1-2-12-27(19)21(18)28/h1-13,25H. The third-order valence-electron chi connectivity index (χ3n) is 4.05. The zero-order chi connectivity index (χ0) is 19.5. The van der Waals surface area contributed by atoms with Crippen LogP contribution in [-0.4, -0.2) is 15.6 Å². The summed E-state index contributed by atoms with van der Waals surface area (Å²) in [6.45, 7) is 0.